The number of nitrogens with zero attached hydrogens (tertiary/aromatic N) is 1. The molecule has 0 aliphatic carbocycles. The Bertz CT molecular complexity index is 383. The summed E-state index contributed by atoms with van der Waals surface area (Å²) in [6, 6.07) is 0. The van der Waals surface area contributed by atoms with Gasteiger partial charge in [-0.2, -0.15) is 0 Å². The number of carbonyl (C=O) groups is 1. The first-order valence-electron chi connectivity index (χ1n) is 3.37. The molecular formula is C7H4F3IN2O. The SMILES string of the molecule is NC(=O)c1c(C(F)F)ncc(I)c1F. The summed E-state index contributed by atoms with van der Waals surface area (Å²) in [5.41, 5.74) is 3.00. The van der Waals surface area contributed by atoms with Gasteiger partial charge in [0.25, 0.3) is 12.3 Å². The van der Waals surface area contributed by atoms with Crippen LogP contribution in [0.5, 0.6) is 0 Å². The Kier molecular flexibility index (Phi) is 3.29. The molecule has 0 radical (unpaired) electrons. The average Bonchev–Trinajstić information content (AvgIpc) is 2.08. The molecule has 0 unspecified atom stereocenters. The molecule has 0 saturated carbocycles. The smallest absolute Gasteiger partial charge is 0.281 e. The van der Waals surface area contributed by atoms with Crippen molar-refractivity contribution in [1.82, 2.24) is 4.98 Å². The van der Waals surface area contributed by atoms with E-state index >= 15 is 0 Å². The van der Waals surface area contributed by atoms with Gasteiger partial charge in [-0.15, -0.1) is 0 Å². The summed E-state index contributed by atoms with van der Waals surface area (Å²) in [5.74, 6) is -2.30. The zero-order valence-corrected chi connectivity index (χ0v) is 8.76. The summed E-state index contributed by atoms with van der Waals surface area (Å²) in [5, 5.41) is 0. The van der Waals surface area contributed by atoms with Crippen molar-refractivity contribution in [1.29, 1.82) is 0 Å². The number of pyridine rings is 1. The van der Waals surface area contributed by atoms with Crippen LogP contribution in [-0.2, 0) is 0 Å². The van der Waals surface area contributed by atoms with Crippen molar-refractivity contribution in [3.63, 3.8) is 0 Å². The molecule has 1 amide bonds. The fraction of sp³-hybridized carbons (Fsp3) is 0.143. The quantitative estimate of drug-likeness (QED) is 0.847. The molecule has 1 rings (SSSR count). The minimum Gasteiger partial charge on any atom is -0.365 e. The van der Waals surface area contributed by atoms with Crippen LogP contribution in [0.4, 0.5) is 13.2 Å². The highest BCUT2D eigenvalue weighted by Gasteiger charge is 2.23. The zero-order chi connectivity index (χ0) is 10.9. The van der Waals surface area contributed by atoms with Crippen LogP contribution >= 0.6 is 22.6 Å². The van der Waals surface area contributed by atoms with Crippen LogP contribution < -0.4 is 5.73 Å². The van der Waals surface area contributed by atoms with Crippen molar-refractivity contribution in [3.8, 4) is 0 Å². The molecule has 7 heteroatoms. The van der Waals surface area contributed by atoms with E-state index in [4.69, 9.17) is 5.73 Å². The van der Waals surface area contributed by atoms with Crippen LogP contribution in [0.15, 0.2) is 6.20 Å². The minimum atomic E-state index is -3.02. The zero-order valence-electron chi connectivity index (χ0n) is 6.60. The van der Waals surface area contributed by atoms with Gasteiger partial charge in [0.1, 0.15) is 11.3 Å². The Labute approximate surface area is 90.6 Å². The number of alkyl halides is 2. The normalized spacial score (nSPS) is 10.6. The summed E-state index contributed by atoms with van der Waals surface area (Å²) >= 11 is 1.53. The van der Waals surface area contributed by atoms with Crippen molar-refractivity contribution in [2.24, 2.45) is 5.73 Å². The topological polar surface area (TPSA) is 56.0 Å². The second kappa shape index (κ2) is 4.11. The molecule has 0 aromatic carbocycles. The monoisotopic (exact) mass is 316 g/mol. The van der Waals surface area contributed by atoms with E-state index in [1.165, 1.54) is 22.6 Å². The predicted molar refractivity (Wildman–Crippen MR) is 50.4 cm³/mol. The second-order valence-electron chi connectivity index (χ2n) is 2.35. The molecule has 0 atom stereocenters. The van der Waals surface area contributed by atoms with Crippen LogP contribution in [0, 0.1) is 9.39 Å². The van der Waals surface area contributed by atoms with Crippen LogP contribution in [-0.4, -0.2) is 10.9 Å². The summed E-state index contributed by atoms with van der Waals surface area (Å²) in [6.45, 7) is 0. The number of amides is 1. The Morgan fingerprint density at radius 2 is 2.14 bits per heavy atom. The van der Waals surface area contributed by atoms with E-state index in [2.05, 4.69) is 4.98 Å². The van der Waals surface area contributed by atoms with E-state index < -0.39 is 29.4 Å². The summed E-state index contributed by atoms with van der Waals surface area (Å²) in [6.07, 6.45) is -2.10. The van der Waals surface area contributed by atoms with E-state index in [1.807, 2.05) is 0 Å². The van der Waals surface area contributed by atoms with Gasteiger partial charge < -0.3 is 5.73 Å². The minimum absolute atomic E-state index is 0.0270. The number of hydrogen-bond donors (Lipinski definition) is 1. The summed E-state index contributed by atoms with van der Waals surface area (Å²) in [7, 11) is 0. The van der Waals surface area contributed by atoms with Crippen LogP contribution in [0.2, 0.25) is 0 Å². The van der Waals surface area contributed by atoms with Crippen molar-refractivity contribution >= 4 is 28.5 Å². The number of nitrogens with two attached hydrogens (primary N) is 1. The third kappa shape index (κ3) is 1.97. The van der Waals surface area contributed by atoms with Gasteiger partial charge in [-0.3, -0.25) is 9.78 Å². The lowest BCUT2D eigenvalue weighted by atomic mass is 10.2. The number of primary amides is 1. The summed E-state index contributed by atoms with van der Waals surface area (Å²) in [4.78, 5) is 14.0. The molecule has 2 N–H and O–H groups in total. The number of carbonyl (C=O) groups excluding carboxylic acids is 1. The van der Waals surface area contributed by atoms with E-state index in [-0.39, 0.29) is 3.57 Å². The molecule has 76 valence electrons. The molecule has 0 fully saturated rings. The van der Waals surface area contributed by atoms with Gasteiger partial charge in [-0.25, -0.2) is 13.2 Å². The predicted octanol–water partition coefficient (Wildman–Crippen LogP) is 1.86. The van der Waals surface area contributed by atoms with Gasteiger partial charge >= 0.3 is 0 Å². The van der Waals surface area contributed by atoms with E-state index in [9.17, 15) is 18.0 Å². The van der Waals surface area contributed by atoms with Gasteiger partial charge in [0, 0.05) is 6.20 Å². The number of hydrogen-bond acceptors (Lipinski definition) is 2. The average molecular weight is 316 g/mol. The maximum Gasteiger partial charge on any atom is 0.281 e. The van der Waals surface area contributed by atoms with Crippen molar-refractivity contribution in [2.45, 2.75) is 6.43 Å². The standard InChI is InChI=1S/C7H4F3IN2O/c8-4-2(11)1-13-5(6(9)10)3(4)7(12)14/h1,6H,(H2,12,14). The van der Waals surface area contributed by atoms with Gasteiger partial charge in [0.05, 0.1) is 3.57 Å². The van der Waals surface area contributed by atoms with Crippen molar-refractivity contribution < 1.29 is 18.0 Å². The fourth-order valence-electron chi connectivity index (χ4n) is 0.879. The highest BCUT2D eigenvalue weighted by Crippen LogP contribution is 2.24. The second-order valence-corrected chi connectivity index (χ2v) is 3.51. The number of aromatic nitrogens is 1. The number of halogens is 4. The molecule has 1 aromatic rings. The third-order valence-corrected chi connectivity index (χ3v) is 2.21. The largest absolute Gasteiger partial charge is 0.365 e. The highest BCUT2D eigenvalue weighted by atomic mass is 127. The van der Waals surface area contributed by atoms with Gasteiger partial charge in [-0.05, 0) is 22.6 Å². The molecule has 1 aromatic heterocycles. The Hall–Kier alpha value is -0.860. The van der Waals surface area contributed by atoms with Crippen LogP contribution in [0.25, 0.3) is 0 Å². The van der Waals surface area contributed by atoms with Crippen molar-refractivity contribution in [2.75, 3.05) is 0 Å². The lowest BCUT2D eigenvalue weighted by Gasteiger charge is -2.06. The van der Waals surface area contributed by atoms with E-state index in [0.717, 1.165) is 6.20 Å². The molecule has 0 aliphatic heterocycles. The maximum atomic E-state index is 13.2. The van der Waals surface area contributed by atoms with E-state index in [1.54, 1.807) is 0 Å². The molecule has 0 saturated heterocycles. The van der Waals surface area contributed by atoms with E-state index in [0.29, 0.717) is 0 Å². The Morgan fingerprint density at radius 1 is 1.57 bits per heavy atom. The first-order chi connectivity index (χ1) is 6.45. The van der Waals surface area contributed by atoms with Gasteiger partial charge in [0.15, 0.2) is 5.82 Å². The van der Waals surface area contributed by atoms with Crippen LogP contribution in [0.1, 0.15) is 22.5 Å². The Balaban J connectivity index is 3.45. The molecule has 0 spiro atoms. The Morgan fingerprint density at radius 3 is 2.57 bits per heavy atom. The molecule has 3 nitrogen and oxygen atoms in total. The lowest BCUT2D eigenvalue weighted by Crippen LogP contribution is -2.18. The molecular weight excluding hydrogens is 312 g/mol. The van der Waals surface area contributed by atoms with Crippen molar-refractivity contribution in [3.05, 3.63) is 26.8 Å². The molecule has 0 bridgehead atoms. The first kappa shape index (κ1) is 11.2. The van der Waals surface area contributed by atoms with Gasteiger partial charge in [-0.1, -0.05) is 0 Å². The molecule has 14 heavy (non-hydrogen) atoms. The fourth-order valence-corrected chi connectivity index (χ4v) is 1.29. The third-order valence-electron chi connectivity index (χ3n) is 1.46. The highest BCUT2D eigenvalue weighted by molar-refractivity contribution is 14.1. The number of rotatable bonds is 2. The molecule has 0 aliphatic rings. The van der Waals surface area contributed by atoms with Gasteiger partial charge in [0.2, 0.25) is 0 Å². The summed E-state index contributed by atoms with van der Waals surface area (Å²) < 4.78 is 37.7. The van der Waals surface area contributed by atoms with Crippen LogP contribution in [0.3, 0.4) is 0 Å². The lowest BCUT2D eigenvalue weighted by molar-refractivity contribution is 0.0977. The maximum absolute atomic E-state index is 13.2. The molecule has 1 heterocycles. The first-order valence-corrected chi connectivity index (χ1v) is 4.45.